The summed E-state index contributed by atoms with van der Waals surface area (Å²) in [5.74, 6) is 0.760. The number of rotatable bonds is 5. The molecule has 3 heterocycles. The highest BCUT2D eigenvalue weighted by molar-refractivity contribution is 7.98. The molecule has 0 radical (unpaired) electrons. The summed E-state index contributed by atoms with van der Waals surface area (Å²) in [4.78, 5) is 26.2. The first-order valence-corrected chi connectivity index (χ1v) is 10.9. The van der Waals surface area contributed by atoms with Crippen molar-refractivity contribution in [3.8, 4) is 11.4 Å². The number of aromatic nitrogens is 5. The third-order valence-electron chi connectivity index (χ3n) is 5.01. The number of benzene rings is 2. The molecule has 1 amide bonds. The van der Waals surface area contributed by atoms with Gasteiger partial charge in [-0.1, -0.05) is 30.3 Å². The third kappa shape index (κ3) is 3.76. The lowest BCUT2D eigenvalue weighted by Crippen LogP contribution is -2.31. The number of nitrogens with zero attached hydrogens (tertiary/aromatic N) is 6. The molecule has 1 aliphatic rings. The molecule has 1 N–H and O–H groups in total. The third-order valence-corrected chi connectivity index (χ3v) is 6.07. The van der Waals surface area contributed by atoms with Crippen molar-refractivity contribution in [2.45, 2.75) is 24.1 Å². The molecule has 0 aliphatic carbocycles. The van der Waals surface area contributed by atoms with Crippen LogP contribution in [0.15, 0.2) is 75.6 Å². The maximum Gasteiger partial charge on any atom is 0.351 e. The topological polar surface area (TPSA) is 99.1 Å². The summed E-state index contributed by atoms with van der Waals surface area (Å²) in [5.41, 5.74) is 5.40. The molecule has 2 aromatic carbocycles. The maximum absolute atomic E-state index is 12.8. The van der Waals surface area contributed by atoms with Crippen molar-refractivity contribution in [3.05, 3.63) is 88.4 Å². The lowest BCUT2D eigenvalue weighted by Gasteiger charge is -2.15. The van der Waals surface area contributed by atoms with Crippen LogP contribution in [0.2, 0.25) is 0 Å². The highest BCUT2D eigenvalue weighted by atomic mass is 32.2. The van der Waals surface area contributed by atoms with E-state index in [0.29, 0.717) is 11.6 Å². The van der Waals surface area contributed by atoms with Gasteiger partial charge in [0.15, 0.2) is 0 Å². The summed E-state index contributed by atoms with van der Waals surface area (Å²) >= 11 is 1.62. The Bertz CT molecular complexity index is 1390. The van der Waals surface area contributed by atoms with Gasteiger partial charge in [0.1, 0.15) is 12.4 Å². The molecule has 0 fully saturated rings. The van der Waals surface area contributed by atoms with Gasteiger partial charge in [-0.25, -0.2) is 24.2 Å². The monoisotopic (exact) mass is 445 g/mol. The number of hydrogen-bond donors (Lipinski definition) is 1. The molecule has 5 rings (SSSR count). The second kappa shape index (κ2) is 8.31. The summed E-state index contributed by atoms with van der Waals surface area (Å²) < 4.78 is 4.48. The largest absolute Gasteiger partial charge is 0.351 e. The van der Waals surface area contributed by atoms with Crippen molar-refractivity contribution in [1.29, 1.82) is 0 Å². The molecule has 0 bridgehead atoms. The number of hydrogen-bond acceptors (Lipinski definition) is 6. The molecule has 2 aromatic heterocycles. The minimum atomic E-state index is -0.437. The van der Waals surface area contributed by atoms with Crippen molar-refractivity contribution in [2.75, 3.05) is 0 Å². The Labute approximate surface area is 187 Å². The first kappa shape index (κ1) is 20.0. The van der Waals surface area contributed by atoms with Crippen LogP contribution < -0.4 is 11.1 Å². The zero-order valence-electron chi connectivity index (χ0n) is 17.2. The zero-order valence-corrected chi connectivity index (χ0v) is 18.0. The smallest absolute Gasteiger partial charge is 0.271 e. The number of carbonyl (C=O) groups is 1. The number of aryl methyl sites for hydroxylation is 1. The van der Waals surface area contributed by atoms with Gasteiger partial charge in [0.05, 0.1) is 29.0 Å². The van der Waals surface area contributed by atoms with E-state index < -0.39 is 5.91 Å². The van der Waals surface area contributed by atoms with Crippen molar-refractivity contribution in [1.82, 2.24) is 29.6 Å². The Kier molecular flexibility index (Phi) is 5.20. The predicted octanol–water partition coefficient (Wildman–Crippen LogP) is 2.28. The normalized spacial score (nSPS) is 12.5. The Hall–Kier alpha value is -3.92. The van der Waals surface area contributed by atoms with Crippen LogP contribution in [0.3, 0.4) is 0 Å². The summed E-state index contributed by atoms with van der Waals surface area (Å²) in [6.45, 7) is 1.65. The van der Waals surface area contributed by atoms with Crippen molar-refractivity contribution in [3.63, 3.8) is 0 Å². The van der Waals surface area contributed by atoms with Gasteiger partial charge in [-0.3, -0.25) is 4.79 Å². The van der Waals surface area contributed by atoms with E-state index in [0.717, 1.165) is 27.5 Å². The van der Waals surface area contributed by atoms with Crippen molar-refractivity contribution < 1.29 is 4.79 Å². The number of amides is 1. The van der Waals surface area contributed by atoms with E-state index in [1.807, 2.05) is 67.7 Å². The first-order chi connectivity index (χ1) is 15.6. The molecule has 9 nitrogen and oxygen atoms in total. The summed E-state index contributed by atoms with van der Waals surface area (Å²) in [5, 5.41) is 12.8. The van der Waals surface area contributed by atoms with Gasteiger partial charge in [0, 0.05) is 16.7 Å². The number of hydrazone groups is 1. The molecule has 0 atom stereocenters. The van der Waals surface area contributed by atoms with E-state index in [-0.39, 0.29) is 12.2 Å². The minimum absolute atomic E-state index is 0.217. The molecule has 0 saturated heterocycles. The van der Waals surface area contributed by atoms with Crippen LogP contribution in [0.1, 0.15) is 17.1 Å². The fourth-order valence-electron chi connectivity index (χ4n) is 3.46. The number of thioether (sulfide) groups is 1. The molecule has 0 spiro atoms. The summed E-state index contributed by atoms with van der Waals surface area (Å²) in [6, 6.07) is 17.4. The maximum atomic E-state index is 12.8. The fraction of sp³-hybridized carbons (Fsp3) is 0.136. The highest BCUT2D eigenvalue weighted by Crippen LogP contribution is 2.32. The molecule has 1 aliphatic heterocycles. The molecular weight excluding hydrogens is 426 g/mol. The second-order valence-corrected chi connectivity index (χ2v) is 8.21. The van der Waals surface area contributed by atoms with Gasteiger partial charge in [0.2, 0.25) is 0 Å². The van der Waals surface area contributed by atoms with Gasteiger partial charge in [-0.15, -0.1) is 11.8 Å². The lowest BCUT2D eigenvalue weighted by atomic mass is 10.3. The van der Waals surface area contributed by atoms with Crippen LogP contribution >= 0.6 is 11.8 Å². The Balaban J connectivity index is 1.28. The fourth-order valence-corrected chi connectivity index (χ4v) is 4.41. The molecular formula is C22H19N7O2S. The van der Waals surface area contributed by atoms with E-state index in [2.05, 4.69) is 20.7 Å². The van der Waals surface area contributed by atoms with Crippen LogP contribution in [-0.2, 0) is 17.1 Å². The van der Waals surface area contributed by atoms with Crippen LogP contribution in [0.4, 0.5) is 0 Å². The van der Waals surface area contributed by atoms with Gasteiger partial charge in [-0.05, 0) is 31.2 Å². The average Bonchev–Trinajstić information content (AvgIpc) is 3.34. The summed E-state index contributed by atoms with van der Waals surface area (Å²) in [7, 11) is 0. The van der Waals surface area contributed by atoms with Gasteiger partial charge < -0.3 is 0 Å². The van der Waals surface area contributed by atoms with E-state index in [9.17, 15) is 9.59 Å². The Morgan fingerprint density at radius 1 is 1.16 bits per heavy atom. The van der Waals surface area contributed by atoms with Crippen LogP contribution in [0.25, 0.3) is 11.4 Å². The lowest BCUT2D eigenvalue weighted by molar-refractivity contribution is -0.121. The second-order valence-electron chi connectivity index (χ2n) is 7.19. The molecule has 0 unspecified atom stereocenters. The van der Waals surface area contributed by atoms with Crippen molar-refractivity contribution in [2.24, 2.45) is 5.10 Å². The predicted molar refractivity (Wildman–Crippen MR) is 121 cm³/mol. The van der Waals surface area contributed by atoms with Gasteiger partial charge >= 0.3 is 5.69 Å². The summed E-state index contributed by atoms with van der Waals surface area (Å²) in [6.07, 6.45) is 3.37. The van der Waals surface area contributed by atoms with Crippen LogP contribution in [0.5, 0.6) is 0 Å². The van der Waals surface area contributed by atoms with E-state index >= 15 is 0 Å². The zero-order chi connectivity index (χ0) is 22.1. The molecule has 10 heteroatoms. The van der Waals surface area contributed by atoms with E-state index in [1.54, 1.807) is 21.0 Å². The standard InChI is InChI=1S/C22H19N7O2S/c1-15-16(12-27(25-15)17-7-3-2-4-8-17)11-23-24-21(30)13-28-22(31)29-18-9-5-6-10-19(18)32-14-20(29)26-28/h2-12H,13-14H2,1H3,(H,24,30)/b23-11+. The SMILES string of the molecule is Cc1nn(-c2ccccc2)cc1/C=N/NC(=O)Cn1nc2n(c1=O)-c1ccccc1SC2. The quantitative estimate of drug-likeness (QED) is 0.375. The van der Waals surface area contributed by atoms with Gasteiger partial charge in [0.25, 0.3) is 5.91 Å². The van der Waals surface area contributed by atoms with E-state index in [1.165, 1.54) is 10.9 Å². The molecule has 4 aromatic rings. The average molecular weight is 446 g/mol. The number of nitrogens with one attached hydrogen (secondary N) is 1. The van der Waals surface area contributed by atoms with E-state index in [4.69, 9.17) is 0 Å². The first-order valence-electron chi connectivity index (χ1n) is 9.95. The molecule has 160 valence electrons. The molecule has 32 heavy (non-hydrogen) atoms. The van der Waals surface area contributed by atoms with Gasteiger partial charge in [-0.2, -0.15) is 15.3 Å². The number of fused-ring (bicyclic) bond motifs is 3. The number of para-hydroxylation sites is 2. The minimum Gasteiger partial charge on any atom is -0.271 e. The van der Waals surface area contributed by atoms with Crippen LogP contribution in [0, 0.1) is 6.92 Å². The highest BCUT2D eigenvalue weighted by Gasteiger charge is 2.22. The van der Waals surface area contributed by atoms with Crippen molar-refractivity contribution >= 4 is 23.9 Å². The van der Waals surface area contributed by atoms with Crippen LogP contribution in [-0.4, -0.2) is 36.2 Å². The number of carbonyl (C=O) groups excluding carboxylic acids is 1. The molecule has 0 saturated carbocycles. The Morgan fingerprint density at radius 3 is 2.78 bits per heavy atom. The Morgan fingerprint density at radius 2 is 1.94 bits per heavy atom.